The lowest BCUT2D eigenvalue weighted by Crippen LogP contribution is -2.38. The first-order valence-corrected chi connectivity index (χ1v) is 11.0. The Labute approximate surface area is 174 Å². The molecule has 0 bridgehead atoms. The van der Waals surface area contributed by atoms with E-state index in [2.05, 4.69) is 17.6 Å². The molecule has 148 valence electrons. The second-order valence-electron chi connectivity index (χ2n) is 7.95. The van der Waals surface area contributed by atoms with Gasteiger partial charge in [0.15, 0.2) is 0 Å². The van der Waals surface area contributed by atoms with E-state index in [1.165, 1.54) is 10.4 Å². The first kappa shape index (κ1) is 18.3. The summed E-state index contributed by atoms with van der Waals surface area (Å²) in [5, 5.41) is 7.69. The Kier molecular flexibility index (Phi) is 4.76. The largest absolute Gasteiger partial charge is 0.489 e. The third-order valence-corrected chi connectivity index (χ3v) is 6.91. The molecular formula is C24H24N2O2S. The Morgan fingerprint density at radius 1 is 1.10 bits per heavy atom. The number of rotatable bonds is 4. The molecule has 2 heterocycles. The van der Waals surface area contributed by atoms with Crippen LogP contribution in [0.1, 0.15) is 51.4 Å². The highest BCUT2D eigenvalue weighted by Gasteiger charge is 2.33. The van der Waals surface area contributed by atoms with Crippen molar-refractivity contribution in [2.24, 2.45) is 5.92 Å². The number of hydrogen-bond donors (Lipinski definition) is 2. The normalized spacial score (nSPS) is 20.2. The van der Waals surface area contributed by atoms with Crippen LogP contribution < -0.4 is 15.4 Å². The topological polar surface area (TPSA) is 50.4 Å². The van der Waals surface area contributed by atoms with Crippen molar-refractivity contribution < 1.29 is 9.53 Å². The lowest BCUT2D eigenvalue weighted by molar-refractivity contribution is 0.0935. The van der Waals surface area contributed by atoms with Gasteiger partial charge in [-0.1, -0.05) is 49.4 Å². The number of anilines is 1. The lowest BCUT2D eigenvalue weighted by Gasteiger charge is -2.27. The first-order valence-electron chi connectivity index (χ1n) is 10.2. The van der Waals surface area contributed by atoms with E-state index in [4.69, 9.17) is 4.74 Å². The van der Waals surface area contributed by atoms with Gasteiger partial charge in [-0.05, 0) is 54.0 Å². The summed E-state index contributed by atoms with van der Waals surface area (Å²) < 4.78 is 5.96. The fourth-order valence-corrected chi connectivity index (χ4v) is 5.59. The van der Waals surface area contributed by atoms with Gasteiger partial charge in [-0.2, -0.15) is 0 Å². The van der Waals surface area contributed by atoms with E-state index in [9.17, 15) is 4.79 Å². The minimum absolute atomic E-state index is 0.0337. The fraction of sp³-hybridized carbons (Fsp3) is 0.292. The Hall–Kier alpha value is -2.79. The molecule has 4 nitrogen and oxygen atoms in total. The third-order valence-electron chi connectivity index (χ3n) is 5.73. The van der Waals surface area contributed by atoms with Gasteiger partial charge < -0.3 is 15.4 Å². The maximum Gasteiger partial charge on any atom is 0.256 e. The highest BCUT2D eigenvalue weighted by Crippen LogP contribution is 2.42. The van der Waals surface area contributed by atoms with Crippen LogP contribution in [0.15, 0.2) is 54.6 Å². The Balaban J connectivity index is 1.35. The van der Waals surface area contributed by atoms with Crippen molar-refractivity contribution in [2.45, 2.75) is 39.0 Å². The van der Waals surface area contributed by atoms with Crippen LogP contribution in [0.3, 0.4) is 0 Å². The zero-order valence-corrected chi connectivity index (χ0v) is 17.2. The van der Waals surface area contributed by atoms with Crippen molar-refractivity contribution in [3.05, 3.63) is 81.7 Å². The van der Waals surface area contributed by atoms with Crippen LogP contribution in [0.25, 0.3) is 0 Å². The number of ether oxygens (including phenoxy) is 1. The van der Waals surface area contributed by atoms with Gasteiger partial charge >= 0.3 is 0 Å². The predicted molar refractivity (Wildman–Crippen MR) is 117 cm³/mol. The van der Waals surface area contributed by atoms with E-state index < -0.39 is 0 Å². The van der Waals surface area contributed by atoms with Crippen molar-refractivity contribution in [3.63, 3.8) is 0 Å². The molecule has 0 saturated heterocycles. The lowest BCUT2D eigenvalue weighted by atomic mass is 9.88. The van der Waals surface area contributed by atoms with Gasteiger partial charge in [-0.15, -0.1) is 11.3 Å². The zero-order valence-electron chi connectivity index (χ0n) is 16.4. The van der Waals surface area contributed by atoms with Crippen molar-refractivity contribution in [1.29, 1.82) is 0 Å². The summed E-state index contributed by atoms with van der Waals surface area (Å²) >= 11 is 1.75. The van der Waals surface area contributed by atoms with Crippen molar-refractivity contribution in [2.75, 3.05) is 5.32 Å². The van der Waals surface area contributed by atoms with Crippen LogP contribution in [0.4, 0.5) is 5.00 Å². The third kappa shape index (κ3) is 3.62. The highest BCUT2D eigenvalue weighted by atomic mass is 32.1. The summed E-state index contributed by atoms with van der Waals surface area (Å²) in [4.78, 5) is 14.3. The number of carbonyl (C=O) groups is 1. The molecule has 2 N–H and O–H groups in total. The summed E-state index contributed by atoms with van der Waals surface area (Å²) in [5.41, 5.74) is 4.25. The monoisotopic (exact) mass is 404 g/mol. The van der Waals surface area contributed by atoms with Gasteiger partial charge in [0, 0.05) is 4.88 Å². The van der Waals surface area contributed by atoms with Gasteiger partial charge in [0.1, 0.15) is 23.5 Å². The molecule has 0 unspecified atom stereocenters. The minimum atomic E-state index is -0.243. The van der Waals surface area contributed by atoms with Crippen LogP contribution in [0, 0.1) is 5.92 Å². The van der Waals surface area contributed by atoms with E-state index in [0.29, 0.717) is 12.5 Å². The van der Waals surface area contributed by atoms with Crippen molar-refractivity contribution in [1.82, 2.24) is 5.32 Å². The number of thiophene rings is 1. The number of carbonyl (C=O) groups excluding carboxylic acids is 1. The minimum Gasteiger partial charge on any atom is -0.489 e. The van der Waals surface area contributed by atoms with E-state index in [0.717, 1.165) is 46.7 Å². The Morgan fingerprint density at radius 3 is 2.83 bits per heavy atom. The average molecular weight is 405 g/mol. The second kappa shape index (κ2) is 7.56. The summed E-state index contributed by atoms with van der Waals surface area (Å²) in [5.74, 6) is 1.53. The standard InChI is InChI=1S/C24H24N2O2S/c1-15-10-11-19-20(12-15)29-24-21(19)23(27)25-22(26-24)17-8-5-9-18(13-17)28-14-16-6-3-2-4-7-16/h2-9,13,15,22,26H,10-12,14H2,1H3,(H,25,27)/t15-,22-/m1/s1. The summed E-state index contributed by atoms with van der Waals surface area (Å²) in [6.45, 7) is 2.81. The number of nitrogens with one attached hydrogen (secondary N) is 2. The molecule has 1 aromatic heterocycles. The van der Waals surface area contributed by atoms with Crippen LogP contribution in [-0.2, 0) is 19.4 Å². The predicted octanol–water partition coefficient (Wildman–Crippen LogP) is 5.31. The molecule has 2 aliphatic rings. The molecule has 0 fully saturated rings. The molecule has 1 amide bonds. The SMILES string of the molecule is C[C@@H]1CCc2c(sc3c2C(=O)N[C@@H](c2cccc(OCc4ccccc4)c2)N3)C1. The van der Waals surface area contributed by atoms with Gasteiger partial charge in [0.2, 0.25) is 0 Å². The molecular weight excluding hydrogens is 380 g/mol. The molecule has 2 aromatic carbocycles. The molecule has 1 aliphatic carbocycles. The molecule has 0 saturated carbocycles. The van der Waals surface area contributed by atoms with Crippen LogP contribution in [-0.4, -0.2) is 5.91 Å². The van der Waals surface area contributed by atoms with E-state index >= 15 is 0 Å². The van der Waals surface area contributed by atoms with E-state index in [-0.39, 0.29) is 12.1 Å². The van der Waals surface area contributed by atoms with Gasteiger partial charge in [0.25, 0.3) is 5.91 Å². The molecule has 1 aliphatic heterocycles. The summed E-state index contributed by atoms with van der Waals surface area (Å²) in [7, 11) is 0. The highest BCUT2D eigenvalue weighted by molar-refractivity contribution is 7.16. The Morgan fingerprint density at radius 2 is 1.97 bits per heavy atom. The number of fused-ring (bicyclic) bond motifs is 3. The van der Waals surface area contributed by atoms with Gasteiger partial charge in [-0.3, -0.25) is 4.79 Å². The summed E-state index contributed by atoms with van der Waals surface area (Å²) in [6.07, 6.45) is 3.00. The second-order valence-corrected chi connectivity index (χ2v) is 9.06. The number of hydrogen-bond acceptors (Lipinski definition) is 4. The smallest absolute Gasteiger partial charge is 0.256 e. The average Bonchev–Trinajstić information content (AvgIpc) is 3.11. The van der Waals surface area contributed by atoms with Gasteiger partial charge in [-0.25, -0.2) is 0 Å². The fourth-order valence-electron chi connectivity index (χ4n) is 4.15. The van der Waals surface area contributed by atoms with E-state index in [1.54, 1.807) is 11.3 Å². The number of amides is 1. The van der Waals surface area contributed by atoms with Crippen LogP contribution in [0.5, 0.6) is 5.75 Å². The van der Waals surface area contributed by atoms with Crippen LogP contribution in [0.2, 0.25) is 0 Å². The zero-order chi connectivity index (χ0) is 19.8. The molecule has 29 heavy (non-hydrogen) atoms. The first-order chi connectivity index (χ1) is 14.2. The quantitative estimate of drug-likeness (QED) is 0.620. The maximum absolute atomic E-state index is 12.9. The van der Waals surface area contributed by atoms with Gasteiger partial charge in [0.05, 0.1) is 5.56 Å². The maximum atomic E-state index is 12.9. The van der Waals surface area contributed by atoms with Crippen LogP contribution >= 0.6 is 11.3 Å². The molecule has 5 heteroatoms. The molecule has 5 rings (SSSR count). The van der Waals surface area contributed by atoms with Crippen molar-refractivity contribution in [3.8, 4) is 5.75 Å². The van der Waals surface area contributed by atoms with E-state index in [1.807, 2.05) is 54.6 Å². The molecule has 3 aromatic rings. The summed E-state index contributed by atoms with van der Waals surface area (Å²) in [6, 6.07) is 18.1. The molecule has 2 atom stereocenters. The number of benzene rings is 2. The van der Waals surface area contributed by atoms with Crippen molar-refractivity contribution >= 4 is 22.2 Å². The molecule has 0 radical (unpaired) electrons. The Bertz CT molecular complexity index is 1040. The molecule has 0 spiro atoms.